The van der Waals surface area contributed by atoms with Gasteiger partial charge in [0.2, 0.25) is 5.91 Å². The number of aromatic carboxylic acids is 1. The highest BCUT2D eigenvalue weighted by Crippen LogP contribution is 2.44. The van der Waals surface area contributed by atoms with Gasteiger partial charge in [0.1, 0.15) is 5.75 Å². The lowest BCUT2D eigenvalue weighted by molar-refractivity contribution is -0.119. The Morgan fingerprint density at radius 2 is 1.87 bits per heavy atom. The molecule has 154 valence electrons. The van der Waals surface area contributed by atoms with Gasteiger partial charge < -0.3 is 9.84 Å². The minimum atomic E-state index is -1.17. The van der Waals surface area contributed by atoms with Crippen LogP contribution in [0.2, 0.25) is 5.02 Å². The van der Waals surface area contributed by atoms with Crippen molar-refractivity contribution in [1.29, 1.82) is 0 Å². The molecule has 0 bridgehead atoms. The maximum Gasteiger partial charge on any atom is 0.337 e. The van der Waals surface area contributed by atoms with E-state index in [4.69, 9.17) is 16.3 Å². The molecule has 1 aliphatic carbocycles. The van der Waals surface area contributed by atoms with E-state index in [1.165, 1.54) is 17.0 Å². The largest absolute Gasteiger partial charge is 0.497 e. The number of hydrogen-bond acceptors (Lipinski definition) is 4. The molecule has 0 fully saturated rings. The lowest BCUT2D eigenvalue weighted by Crippen LogP contribution is -2.40. The molecule has 1 atom stereocenters. The Labute approximate surface area is 178 Å². The molecule has 1 heterocycles. The van der Waals surface area contributed by atoms with Gasteiger partial charge in [0.05, 0.1) is 17.7 Å². The molecule has 30 heavy (non-hydrogen) atoms. The number of rotatable bonds is 4. The summed E-state index contributed by atoms with van der Waals surface area (Å²) in [5.41, 5.74) is 2.51. The zero-order valence-corrected chi connectivity index (χ0v) is 17.1. The molecule has 1 unspecified atom stereocenters. The lowest BCUT2D eigenvalue weighted by atomic mass is 9.77. The van der Waals surface area contributed by atoms with Crippen LogP contribution >= 0.6 is 11.6 Å². The topological polar surface area (TPSA) is 83.9 Å². The summed E-state index contributed by atoms with van der Waals surface area (Å²) in [5, 5.41) is 9.50. The van der Waals surface area contributed by atoms with Crippen LogP contribution in [0.5, 0.6) is 5.75 Å². The number of carbonyl (C=O) groups is 3. The first kappa shape index (κ1) is 20.2. The number of ether oxygens (including phenoxy) is 1. The van der Waals surface area contributed by atoms with Crippen LogP contribution in [0.25, 0.3) is 0 Å². The summed E-state index contributed by atoms with van der Waals surface area (Å²) in [6, 6.07) is 11.9. The number of amides is 1. The van der Waals surface area contributed by atoms with Gasteiger partial charge in [0.25, 0.3) is 0 Å². The third kappa shape index (κ3) is 3.48. The first-order valence-electron chi connectivity index (χ1n) is 9.66. The molecular formula is C23H20ClNO5. The average molecular weight is 426 g/mol. The summed E-state index contributed by atoms with van der Waals surface area (Å²) in [6.07, 6.45) is 1.79. The van der Waals surface area contributed by atoms with E-state index < -0.39 is 5.97 Å². The van der Waals surface area contributed by atoms with Crippen LogP contribution in [0.4, 0.5) is 5.69 Å². The Morgan fingerprint density at radius 3 is 2.53 bits per heavy atom. The molecule has 0 spiro atoms. The summed E-state index contributed by atoms with van der Waals surface area (Å²) in [6.45, 7) is 0. The first-order chi connectivity index (χ1) is 14.4. The normalized spacial score (nSPS) is 19.0. The van der Waals surface area contributed by atoms with Crippen molar-refractivity contribution in [2.75, 3.05) is 12.0 Å². The number of carbonyl (C=O) groups excluding carboxylic acids is 2. The standard InChI is InChI=1S/C23H20ClNO5/c1-30-15-8-5-13(6-9-15)16-12-21(27)25(19-3-2-4-20(26)22(16)19)14-7-10-18(24)17(11-14)23(28)29/h5-11,16H,2-4,12H2,1H3,(H,28,29). The van der Waals surface area contributed by atoms with Crippen molar-refractivity contribution in [2.24, 2.45) is 0 Å². The van der Waals surface area contributed by atoms with Crippen molar-refractivity contribution < 1.29 is 24.2 Å². The molecule has 1 amide bonds. The fourth-order valence-electron chi connectivity index (χ4n) is 4.23. The quantitative estimate of drug-likeness (QED) is 0.775. The van der Waals surface area contributed by atoms with Crippen LogP contribution < -0.4 is 9.64 Å². The predicted molar refractivity (Wildman–Crippen MR) is 112 cm³/mol. The highest BCUT2D eigenvalue weighted by Gasteiger charge is 2.39. The molecule has 0 saturated carbocycles. The smallest absolute Gasteiger partial charge is 0.337 e. The number of carboxylic acid groups (broad SMARTS) is 1. The highest BCUT2D eigenvalue weighted by atomic mass is 35.5. The Hall–Kier alpha value is -3.12. The van der Waals surface area contributed by atoms with Gasteiger partial charge in [0.15, 0.2) is 5.78 Å². The molecule has 4 rings (SSSR count). The molecule has 2 aliphatic rings. The van der Waals surface area contributed by atoms with E-state index in [1.54, 1.807) is 13.2 Å². The van der Waals surface area contributed by atoms with E-state index >= 15 is 0 Å². The number of ketones is 1. The maximum absolute atomic E-state index is 13.2. The molecule has 6 nitrogen and oxygen atoms in total. The molecule has 1 N–H and O–H groups in total. The molecule has 0 radical (unpaired) electrons. The Kier molecular flexibility index (Phi) is 5.35. The van der Waals surface area contributed by atoms with Crippen molar-refractivity contribution in [3.05, 3.63) is 69.9 Å². The van der Waals surface area contributed by atoms with Gasteiger partial charge in [-0.05, 0) is 48.7 Å². The lowest BCUT2D eigenvalue weighted by Gasteiger charge is -2.38. The Balaban J connectivity index is 1.83. The minimum absolute atomic E-state index is 0.0296. The maximum atomic E-state index is 13.2. The fraction of sp³-hybridized carbons (Fsp3) is 0.261. The third-order valence-corrected chi connectivity index (χ3v) is 5.96. The van der Waals surface area contributed by atoms with Gasteiger partial charge in [-0.3, -0.25) is 14.5 Å². The van der Waals surface area contributed by atoms with Crippen LogP contribution in [0.3, 0.4) is 0 Å². The summed E-state index contributed by atoms with van der Waals surface area (Å²) >= 11 is 5.99. The summed E-state index contributed by atoms with van der Waals surface area (Å²) in [7, 11) is 1.58. The number of anilines is 1. The van der Waals surface area contributed by atoms with Crippen LogP contribution in [-0.4, -0.2) is 29.9 Å². The number of allylic oxidation sites excluding steroid dienone is 2. The molecule has 0 aromatic heterocycles. The number of halogens is 1. The highest BCUT2D eigenvalue weighted by molar-refractivity contribution is 6.33. The van der Waals surface area contributed by atoms with Crippen molar-refractivity contribution in [3.63, 3.8) is 0 Å². The van der Waals surface area contributed by atoms with Crippen LogP contribution in [0, 0.1) is 0 Å². The third-order valence-electron chi connectivity index (χ3n) is 5.63. The van der Waals surface area contributed by atoms with Gasteiger partial charge in [0, 0.05) is 35.7 Å². The number of benzene rings is 2. The Morgan fingerprint density at radius 1 is 1.13 bits per heavy atom. The van der Waals surface area contributed by atoms with Crippen molar-refractivity contribution in [1.82, 2.24) is 0 Å². The summed E-state index contributed by atoms with van der Waals surface area (Å²) in [5.74, 6) is -0.941. The summed E-state index contributed by atoms with van der Waals surface area (Å²) < 4.78 is 5.21. The van der Waals surface area contributed by atoms with Crippen LogP contribution in [0.1, 0.15) is 47.5 Å². The molecule has 7 heteroatoms. The van der Waals surface area contributed by atoms with Gasteiger partial charge in [-0.15, -0.1) is 0 Å². The number of nitrogens with zero attached hydrogens (tertiary/aromatic N) is 1. The number of methoxy groups -OCH3 is 1. The van der Waals surface area contributed by atoms with E-state index in [9.17, 15) is 19.5 Å². The van der Waals surface area contributed by atoms with E-state index in [0.717, 1.165) is 5.56 Å². The first-order valence-corrected chi connectivity index (χ1v) is 10.0. The van der Waals surface area contributed by atoms with Crippen molar-refractivity contribution >= 4 is 34.9 Å². The summed E-state index contributed by atoms with van der Waals surface area (Å²) in [4.78, 5) is 39.1. The molecule has 2 aromatic rings. The van der Waals surface area contributed by atoms with E-state index in [-0.39, 0.29) is 34.6 Å². The van der Waals surface area contributed by atoms with E-state index in [1.807, 2.05) is 24.3 Å². The second-order valence-electron chi connectivity index (χ2n) is 7.37. The van der Waals surface area contributed by atoms with Crippen LogP contribution in [-0.2, 0) is 9.59 Å². The van der Waals surface area contributed by atoms with Crippen LogP contribution in [0.15, 0.2) is 53.7 Å². The second kappa shape index (κ2) is 7.95. The van der Waals surface area contributed by atoms with Gasteiger partial charge in [-0.2, -0.15) is 0 Å². The SMILES string of the molecule is COc1ccc(C2CC(=O)N(c3ccc(Cl)c(C(=O)O)c3)C3=C2C(=O)CCC3)cc1. The number of Topliss-reactive ketones (excluding diaryl/α,β-unsaturated/α-hetero) is 1. The zero-order chi connectivity index (χ0) is 21.4. The number of carboxylic acids is 1. The molecule has 2 aromatic carbocycles. The average Bonchev–Trinajstić information content (AvgIpc) is 2.74. The number of hydrogen-bond donors (Lipinski definition) is 1. The predicted octanol–water partition coefficient (Wildman–Crippen LogP) is 4.57. The van der Waals surface area contributed by atoms with E-state index in [0.29, 0.717) is 42.0 Å². The minimum Gasteiger partial charge on any atom is -0.497 e. The van der Waals surface area contributed by atoms with E-state index in [2.05, 4.69) is 0 Å². The van der Waals surface area contributed by atoms with Gasteiger partial charge in [-0.1, -0.05) is 23.7 Å². The zero-order valence-electron chi connectivity index (χ0n) is 16.4. The van der Waals surface area contributed by atoms with Gasteiger partial charge >= 0.3 is 5.97 Å². The molecule has 1 aliphatic heterocycles. The van der Waals surface area contributed by atoms with Crippen molar-refractivity contribution in [3.8, 4) is 5.75 Å². The van der Waals surface area contributed by atoms with Gasteiger partial charge in [-0.25, -0.2) is 4.79 Å². The second-order valence-corrected chi connectivity index (χ2v) is 7.77. The Bertz CT molecular complexity index is 1070. The fourth-order valence-corrected chi connectivity index (χ4v) is 4.43. The monoisotopic (exact) mass is 425 g/mol. The molecular weight excluding hydrogens is 406 g/mol. The van der Waals surface area contributed by atoms with Crippen molar-refractivity contribution in [2.45, 2.75) is 31.6 Å². The molecule has 0 saturated heterocycles.